The summed E-state index contributed by atoms with van der Waals surface area (Å²) in [4.78, 5) is 29.1. The Labute approximate surface area is 176 Å². The average Bonchev–Trinajstić information content (AvgIpc) is 2.72. The van der Waals surface area contributed by atoms with Gasteiger partial charge in [-0.15, -0.1) is 0 Å². The quantitative estimate of drug-likeness (QED) is 0.700. The predicted octanol–water partition coefficient (Wildman–Crippen LogP) is 2.22. The van der Waals surface area contributed by atoms with E-state index in [4.69, 9.17) is 25.8 Å². The summed E-state index contributed by atoms with van der Waals surface area (Å²) in [6, 6.07) is 7.11. The number of amides is 2. The SMILES string of the molecule is CC(C)C(=O)N1CCO[C@@](COc2cccc(Cl)c2)(CC(=O)N2CCOCC2)C1. The first-order valence-corrected chi connectivity index (χ1v) is 10.4. The van der Waals surface area contributed by atoms with Gasteiger partial charge < -0.3 is 24.0 Å². The molecule has 0 N–H and O–H groups in total. The summed E-state index contributed by atoms with van der Waals surface area (Å²) in [5, 5.41) is 0.571. The Morgan fingerprint density at radius 2 is 1.90 bits per heavy atom. The molecule has 2 aliphatic rings. The summed E-state index contributed by atoms with van der Waals surface area (Å²) in [6.45, 7) is 7.33. The van der Waals surface area contributed by atoms with E-state index in [1.165, 1.54) is 0 Å². The van der Waals surface area contributed by atoms with Gasteiger partial charge in [-0.2, -0.15) is 0 Å². The molecule has 0 bridgehead atoms. The molecule has 29 heavy (non-hydrogen) atoms. The summed E-state index contributed by atoms with van der Waals surface area (Å²) < 4.78 is 17.4. The first-order valence-electron chi connectivity index (χ1n) is 10.1. The lowest BCUT2D eigenvalue weighted by atomic mass is 9.96. The standard InChI is InChI=1S/C21H29ClN2O5/c1-16(2)20(26)24-8-11-29-21(14-24,13-19(25)23-6-9-27-10-7-23)15-28-18-5-3-4-17(22)12-18/h3-5,12,16H,6-11,13-15H2,1-2H3/t21-/m0/s1. The smallest absolute Gasteiger partial charge is 0.225 e. The molecule has 8 heteroatoms. The molecule has 0 aromatic heterocycles. The van der Waals surface area contributed by atoms with Gasteiger partial charge in [-0.1, -0.05) is 31.5 Å². The van der Waals surface area contributed by atoms with Crippen LogP contribution in [0.5, 0.6) is 5.75 Å². The van der Waals surface area contributed by atoms with E-state index in [1.807, 2.05) is 19.9 Å². The Balaban J connectivity index is 1.75. The summed E-state index contributed by atoms with van der Waals surface area (Å²) in [7, 11) is 0. The van der Waals surface area contributed by atoms with Crippen molar-refractivity contribution in [3.05, 3.63) is 29.3 Å². The van der Waals surface area contributed by atoms with Crippen LogP contribution in [0.3, 0.4) is 0 Å². The van der Waals surface area contributed by atoms with Crippen LogP contribution in [0, 0.1) is 5.92 Å². The highest BCUT2D eigenvalue weighted by atomic mass is 35.5. The van der Waals surface area contributed by atoms with E-state index in [2.05, 4.69) is 0 Å². The molecular weight excluding hydrogens is 396 g/mol. The Morgan fingerprint density at radius 1 is 1.17 bits per heavy atom. The fourth-order valence-corrected chi connectivity index (χ4v) is 3.80. The van der Waals surface area contributed by atoms with E-state index < -0.39 is 5.60 Å². The Hall–Kier alpha value is -1.83. The molecule has 3 rings (SSSR count). The van der Waals surface area contributed by atoms with E-state index in [0.29, 0.717) is 56.8 Å². The van der Waals surface area contributed by atoms with Crippen LogP contribution < -0.4 is 4.74 Å². The minimum atomic E-state index is -0.902. The number of hydrogen-bond donors (Lipinski definition) is 0. The maximum Gasteiger partial charge on any atom is 0.225 e. The molecule has 2 amide bonds. The van der Waals surface area contributed by atoms with Gasteiger partial charge >= 0.3 is 0 Å². The zero-order valence-corrected chi connectivity index (χ0v) is 17.8. The first kappa shape index (κ1) is 21.9. The van der Waals surface area contributed by atoms with E-state index in [9.17, 15) is 9.59 Å². The van der Waals surface area contributed by atoms with Crippen molar-refractivity contribution in [1.82, 2.24) is 9.80 Å². The van der Waals surface area contributed by atoms with E-state index in [0.717, 1.165) is 0 Å². The van der Waals surface area contributed by atoms with Crippen molar-refractivity contribution in [1.29, 1.82) is 0 Å². The first-order chi connectivity index (χ1) is 13.9. The maximum absolute atomic E-state index is 13.0. The van der Waals surface area contributed by atoms with Gasteiger partial charge in [-0.3, -0.25) is 9.59 Å². The Bertz CT molecular complexity index is 723. The van der Waals surface area contributed by atoms with Crippen LogP contribution in [0.25, 0.3) is 0 Å². The summed E-state index contributed by atoms with van der Waals surface area (Å²) in [5.74, 6) is 0.530. The van der Waals surface area contributed by atoms with Crippen LogP contribution in [0.15, 0.2) is 24.3 Å². The van der Waals surface area contributed by atoms with Crippen molar-refractivity contribution in [3.63, 3.8) is 0 Å². The van der Waals surface area contributed by atoms with E-state index in [-0.39, 0.29) is 30.8 Å². The second-order valence-electron chi connectivity index (χ2n) is 7.86. The van der Waals surface area contributed by atoms with Gasteiger partial charge in [0.05, 0.1) is 32.8 Å². The highest BCUT2D eigenvalue weighted by Crippen LogP contribution is 2.27. The summed E-state index contributed by atoms with van der Waals surface area (Å²) in [6.07, 6.45) is 0.148. The van der Waals surface area contributed by atoms with Crippen LogP contribution in [0.4, 0.5) is 0 Å². The highest BCUT2D eigenvalue weighted by Gasteiger charge is 2.42. The number of morpholine rings is 2. The highest BCUT2D eigenvalue weighted by molar-refractivity contribution is 6.30. The largest absolute Gasteiger partial charge is 0.490 e. The number of hydrogen-bond acceptors (Lipinski definition) is 5. The second kappa shape index (κ2) is 9.78. The predicted molar refractivity (Wildman–Crippen MR) is 109 cm³/mol. The van der Waals surface area contributed by atoms with E-state index >= 15 is 0 Å². The van der Waals surface area contributed by atoms with Crippen LogP contribution >= 0.6 is 11.6 Å². The second-order valence-corrected chi connectivity index (χ2v) is 8.30. The van der Waals surface area contributed by atoms with E-state index in [1.54, 1.807) is 28.0 Å². The summed E-state index contributed by atoms with van der Waals surface area (Å²) >= 11 is 6.05. The minimum absolute atomic E-state index is 0.0122. The molecule has 1 aromatic rings. The zero-order valence-electron chi connectivity index (χ0n) is 17.1. The van der Waals surface area contributed by atoms with Crippen LogP contribution in [-0.4, -0.2) is 79.8 Å². The fourth-order valence-electron chi connectivity index (χ4n) is 3.62. The van der Waals surface area contributed by atoms with Gasteiger partial charge in [0.2, 0.25) is 11.8 Å². The Morgan fingerprint density at radius 3 is 2.59 bits per heavy atom. The maximum atomic E-state index is 13.0. The molecule has 2 saturated heterocycles. The monoisotopic (exact) mass is 424 g/mol. The molecule has 2 fully saturated rings. The molecule has 1 aromatic carbocycles. The van der Waals surface area contributed by atoms with Crippen LogP contribution in [0.2, 0.25) is 5.02 Å². The van der Waals surface area contributed by atoms with Crippen molar-refractivity contribution in [2.24, 2.45) is 5.92 Å². The van der Waals surface area contributed by atoms with Gasteiger partial charge in [-0.05, 0) is 18.2 Å². The van der Waals surface area contributed by atoms with Crippen LogP contribution in [0.1, 0.15) is 20.3 Å². The number of carbonyl (C=O) groups excluding carboxylic acids is 2. The zero-order chi connectivity index (χ0) is 20.9. The molecular formula is C21H29ClN2O5. The summed E-state index contributed by atoms with van der Waals surface area (Å²) in [5.41, 5.74) is -0.902. The van der Waals surface area contributed by atoms with Crippen molar-refractivity contribution in [2.45, 2.75) is 25.9 Å². The lowest BCUT2D eigenvalue weighted by molar-refractivity contribution is -0.168. The van der Waals surface area contributed by atoms with Crippen molar-refractivity contribution in [2.75, 3.05) is 52.6 Å². The molecule has 0 unspecified atom stereocenters. The number of halogens is 1. The molecule has 0 aliphatic carbocycles. The molecule has 0 radical (unpaired) electrons. The average molecular weight is 425 g/mol. The lowest BCUT2D eigenvalue weighted by Crippen LogP contribution is -2.59. The number of carbonyl (C=O) groups is 2. The third-order valence-electron chi connectivity index (χ3n) is 5.19. The van der Waals surface area contributed by atoms with Gasteiger partial charge in [0.25, 0.3) is 0 Å². The molecule has 2 aliphatic heterocycles. The fraction of sp³-hybridized carbons (Fsp3) is 0.619. The topological polar surface area (TPSA) is 68.3 Å². The Kier molecular flexibility index (Phi) is 7.38. The van der Waals surface area contributed by atoms with Gasteiger partial charge in [0, 0.05) is 30.6 Å². The third-order valence-corrected chi connectivity index (χ3v) is 5.42. The number of ether oxygens (including phenoxy) is 3. The number of nitrogens with zero attached hydrogens (tertiary/aromatic N) is 2. The molecule has 0 spiro atoms. The molecule has 2 heterocycles. The molecule has 1 atom stereocenters. The van der Waals surface area contributed by atoms with Gasteiger partial charge in [-0.25, -0.2) is 0 Å². The number of benzene rings is 1. The molecule has 0 saturated carbocycles. The van der Waals surface area contributed by atoms with Crippen molar-refractivity contribution < 1.29 is 23.8 Å². The third kappa shape index (κ3) is 5.84. The van der Waals surface area contributed by atoms with Crippen LogP contribution in [-0.2, 0) is 19.1 Å². The van der Waals surface area contributed by atoms with Crippen molar-refractivity contribution in [3.8, 4) is 5.75 Å². The normalized spacial score (nSPS) is 22.6. The van der Waals surface area contributed by atoms with Gasteiger partial charge in [0.15, 0.2) is 0 Å². The lowest BCUT2D eigenvalue weighted by Gasteiger charge is -2.43. The van der Waals surface area contributed by atoms with Gasteiger partial charge in [0.1, 0.15) is 18.0 Å². The molecule has 7 nitrogen and oxygen atoms in total. The minimum Gasteiger partial charge on any atom is -0.490 e. The number of rotatable bonds is 6. The molecule has 160 valence electrons. The van der Waals surface area contributed by atoms with Crippen molar-refractivity contribution >= 4 is 23.4 Å².